The van der Waals surface area contributed by atoms with Gasteiger partial charge in [0.25, 0.3) is 0 Å². The number of hydrogen-bond acceptors (Lipinski definition) is 4. The van der Waals surface area contributed by atoms with E-state index in [2.05, 4.69) is 20.8 Å². The summed E-state index contributed by atoms with van der Waals surface area (Å²) in [6.45, 7) is 11.7. The van der Waals surface area contributed by atoms with Crippen molar-refractivity contribution >= 4 is 0 Å². The molecule has 4 nitrogen and oxygen atoms in total. The van der Waals surface area contributed by atoms with Crippen LogP contribution in [-0.4, -0.2) is 49.3 Å². The molecule has 0 spiro atoms. The summed E-state index contributed by atoms with van der Waals surface area (Å²) in [7, 11) is 0. The molecule has 0 radical (unpaired) electrons. The number of rotatable bonds is 13. The number of aliphatic hydroxyl groups is 1. The lowest BCUT2D eigenvalue weighted by Crippen LogP contribution is -2.32. The van der Waals surface area contributed by atoms with Crippen LogP contribution in [0.1, 0.15) is 60.3 Å². The SMILES string of the molecule is CCCCC(OCCC)C(C)OCC(C)OCC(C)O. The monoisotopic (exact) mass is 290 g/mol. The molecule has 0 aromatic heterocycles. The van der Waals surface area contributed by atoms with Gasteiger partial charge in [-0.3, -0.25) is 0 Å². The minimum Gasteiger partial charge on any atom is -0.391 e. The first kappa shape index (κ1) is 19.8. The second kappa shape index (κ2) is 12.6. The molecule has 0 aliphatic heterocycles. The van der Waals surface area contributed by atoms with E-state index in [1.165, 1.54) is 6.42 Å². The summed E-state index contributed by atoms with van der Waals surface area (Å²) in [6, 6.07) is 0. The third-order valence-electron chi connectivity index (χ3n) is 3.12. The van der Waals surface area contributed by atoms with Gasteiger partial charge in [0.05, 0.1) is 37.6 Å². The highest BCUT2D eigenvalue weighted by Crippen LogP contribution is 2.13. The molecule has 0 aromatic rings. The lowest BCUT2D eigenvalue weighted by atomic mass is 10.1. The van der Waals surface area contributed by atoms with Crippen LogP contribution < -0.4 is 0 Å². The Morgan fingerprint density at radius 1 is 0.900 bits per heavy atom. The quantitative estimate of drug-likeness (QED) is 0.566. The third kappa shape index (κ3) is 10.6. The van der Waals surface area contributed by atoms with Crippen molar-refractivity contribution in [3.05, 3.63) is 0 Å². The summed E-state index contributed by atoms with van der Waals surface area (Å²) in [5.41, 5.74) is 0. The van der Waals surface area contributed by atoms with Crippen molar-refractivity contribution in [2.75, 3.05) is 19.8 Å². The Morgan fingerprint density at radius 2 is 1.60 bits per heavy atom. The van der Waals surface area contributed by atoms with Gasteiger partial charge in [-0.25, -0.2) is 0 Å². The Hall–Kier alpha value is -0.160. The normalized spacial score (nSPS) is 17.7. The molecule has 0 heterocycles. The molecule has 0 saturated carbocycles. The Balaban J connectivity index is 3.99. The predicted octanol–water partition coefficient (Wildman–Crippen LogP) is 3.16. The van der Waals surface area contributed by atoms with E-state index in [-0.39, 0.29) is 18.3 Å². The largest absolute Gasteiger partial charge is 0.391 e. The van der Waals surface area contributed by atoms with Gasteiger partial charge in [-0.1, -0.05) is 26.7 Å². The van der Waals surface area contributed by atoms with Gasteiger partial charge in [0, 0.05) is 6.61 Å². The molecular formula is C16H34O4. The maximum absolute atomic E-state index is 9.18. The van der Waals surface area contributed by atoms with Gasteiger partial charge in [0.15, 0.2) is 0 Å². The van der Waals surface area contributed by atoms with Crippen LogP contribution in [0.2, 0.25) is 0 Å². The summed E-state index contributed by atoms with van der Waals surface area (Å²) in [5.74, 6) is 0. The first-order chi connectivity index (χ1) is 9.51. The minimum absolute atomic E-state index is 0.00921. The van der Waals surface area contributed by atoms with E-state index in [1.807, 2.05) is 6.92 Å². The first-order valence-electron chi connectivity index (χ1n) is 8.04. The van der Waals surface area contributed by atoms with Gasteiger partial charge in [-0.05, 0) is 33.6 Å². The first-order valence-corrected chi connectivity index (χ1v) is 8.04. The van der Waals surface area contributed by atoms with Gasteiger partial charge in [-0.2, -0.15) is 0 Å². The third-order valence-corrected chi connectivity index (χ3v) is 3.12. The Bertz CT molecular complexity index is 201. The van der Waals surface area contributed by atoms with Crippen LogP contribution in [0.15, 0.2) is 0 Å². The highest BCUT2D eigenvalue weighted by Gasteiger charge is 2.19. The summed E-state index contributed by atoms with van der Waals surface area (Å²) < 4.78 is 17.2. The van der Waals surface area contributed by atoms with Crippen LogP contribution in [0.25, 0.3) is 0 Å². The van der Waals surface area contributed by atoms with Gasteiger partial charge in [0.1, 0.15) is 0 Å². The standard InChI is InChI=1S/C16H34O4/c1-6-8-9-16(18-10-7-2)15(5)20-12-14(4)19-11-13(3)17/h13-17H,6-12H2,1-5H3. The summed E-state index contributed by atoms with van der Waals surface area (Å²) >= 11 is 0. The average molecular weight is 290 g/mol. The van der Waals surface area contributed by atoms with E-state index in [0.29, 0.717) is 13.2 Å². The minimum atomic E-state index is -0.430. The molecule has 4 heteroatoms. The Kier molecular flexibility index (Phi) is 12.5. The van der Waals surface area contributed by atoms with E-state index in [9.17, 15) is 5.11 Å². The lowest BCUT2D eigenvalue weighted by molar-refractivity contribution is -0.101. The zero-order valence-electron chi connectivity index (χ0n) is 13.9. The number of hydrogen-bond donors (Lipinski definition) is 1. The molecule has 0 amide bonds. The van der Waals surface area contributed by atoms with Crippen molar-refractivity contribution in [1.82, 2.24) is 0 Å². The predicted molar refractivity (Wildman–Crippen MR) is 82.1 cm³/mol. The Morgan fingerprint density at radius 3 is 2.15 bits per heavy atom. The van der Waals surface area contributed by atoms with E-state index in [4.69, 9.17) is 14.2 Å². The zero-order valence-corrected chi connectivity index (χ0v) is 13.9. The molecule has 0 aliphatic carbocycles. The van der Waals surface area contributed by atoms with Crippen LogP contribution in [0, 0.1) is 0 Å². The van der Waals surface area contributed by atoms with E-state index < -0.39 is 6.10 Å². The molecular weight excluding hydrogens is 256 g/mol. The van der Waals surface area contributed by atoms with Crippen molar-refractivity contribution in [1.29, 1.82) is 0 Å². The summed E-state index contributed by atoms with van der Waals surface area (Å²) in [6.07, 6.45) is 4.21. The van der Waals surface area contributed by atoms with Crippen LogP contribution in [0.4, 0.5) is 0 Å². The Labute approximate surface area is 124 Å². The van der Waals surface area contributed by atoms with Crippen molar-refractivity contribution in [3.8, 4) is 0 Å². The number of unbranched alkanes of at least 4 members (excludes halogenated alkanes) is 1. The van der Waals surface area contributed by atoms with Crippen LogP contribution >= 0.6 is 0 Å². The van der Waals surface area contributed by atoms with E-state index in [0.717, 1.165) is 25.9 Å². The molecule has 4 unspecified atom stereocenters. The molecule has 0 aromatic carbocycles. The fourth-order valence-corrected chi connectivity index (χ4v) is 1.87. The number of aliphatic hydroxyl groups excluding tert-OH is 1. The van der Waals surface area contributed by atoms with E-state index >= 15 is 0 Å². The zero-order chi connectivity index (χ0) is 15.4. The van der Waals surface area contributed by atoms with Crippen LogP contribution in [0.5, 0.6) is 0 Å². The molecule has 0 saturated heterocycles. The maximum atomic E-state index is 9.18. The lowest BCUT2D eigenvalue weighted by Gasteiger charge is -2.26. The second-order valence-electron chi connectivity index (χ2n) is 5.58. The maximum Gasteiger partial charge on any atom is 0.0833 e. The highest BCUT2D eigenvalue weighted by molar-refractivity contribution is 4.67. The van der Waals surface area contributed by atoms with Gasteiger partial charge < -0.3 is 19.3 Å². The highest BCUT2D eigenvalue weighted by atomic mass is 16.6. The smallest absolute Gasteiger partial charge is 0.0833 e. The molecule has 1 N–H and O–H groups in total. The van der Waals surface area contributed by atoms with Crippen molar-refractivity contribution in [2.45, 2.75) is 84.7 Å². The number of ether oxygens (including phenoxy) is 3. The summed E-state index contributed by atoms with van der Waals surface area (Å²) in [4.78, 5) is 0. The van der Waals surface area contributed by atoms with Gasteiger partial charge in [0.2, 0.25) is 0 Å². The average Bonchev–Trinajstić information content (AvgIpc) is 2.42. The molecule has 0 aliphatic rings. The second-order valence-corrected chi connectivity index (χ2v) is 5.58. The van der Waals surface area contributed by atoms with E-state index in [1.54, 1.807) is 6.92 Å². The molecule has 122 valence electrons. The molecule has 0 rings (SSSR count). The summed E-state index contributed by atoms with van der Waals surface area (Å²) in [5, 5.41) is 9.18. The van der Waals surface area contributed by atoms with Crippen molar-refractivity contribution in [2.24, 2.45) is 0 Å². The van der Waals surface area contributed by atoms with Crippen molar-refractivity contribution in [3.63, 3.8) is 0 Å². The molecule has 0 bridgehead atoms. The van der Waals surface area contributed by atoms with Gasteiger partial charge in [-0.15, -0.1) is 0 Å². The fraction of sp³-hybridized carbons (Fsp3) is 1.00. The molecule has 4 atom stereocenters. The molecule has 0 fully saturated rings. The van der Waals surface area contributed by atoms with Crippen LogP contribution in [0.3, 0.4) is 0 Å². The van der Waals surface area contributed by atoms with Crippen LogP contribution in [-0.2, 0) is 14.2 Å². The van der Waals surface area contributed by atoms with Gasteiger partial charge >= 0.3 is 0 Å². The molecule has 20 heavy (non-hydrogen) atoms. The topological polar surface area (TPSA) is 47.9 Å². The fourth-order valence-electron chi connectivity index (χ4n) is 1.87. The van der Waals surface area contributed by atoms with Crippen molar-refractivity contribution < 1.29 is 19.3 Å².